The number of aryl methyl sites for hydroxylation is 1. The Kier molecular flexibility index (Phi) is 5.98. The highest BCUT2D eigenvalue weighted by Crippen LogP contribution is 2.37. The number of pyridine rings is 2. The molecule has 1 aliphatic heterocycles. The van der Waals surface area contributed by atoms with E-state index in [1.165, 1.54) is 24.3 Å². The third-order valence-corrected chi connectivity index (χ3v) is 6.14. The molecule has 3 aromatic heterocycles. The van der Waals surface area contributed by atoms with Gasteiger partial charge in [0.15, 0.2) is 0 Å². The number of alkyl halides is 3. The lowest BCUT2D eigenvalue weighted by Crippen LogP contribution is -2.48. The molecule has 5 rings (SSSR count). The SMILES string of the molecule is Cc1noc2nc(-c3ccccc3C(F)(F)F)cc(C(=O)N3CCN(Cc4cccnc4)CC3)c12. The van der Waals surface area contributed by atoms with Crippen LogP contribution < -0.4 is 0 Å². The van der Waals surface area contributed by atoms with E-state index in [4.69, 9.17) is 4.52 Å². The van der Waals surface area contributed by atoms with E-state index < -0.39 is 11.7 Å². The minimum atomic E-state index is -4.57. The molecule has 10 heteroatoms. The van der Waals surface area contributed by atoms with E-state index in [9.17, 15) is 18.0 Å². The minimum absolute atomic E-state index is 0.0140. The summed E-state index contributed by atoms with van der Waals surface area (Å²) in [5, 5.41) is 4.32. The Balaban J connectivity index is 1.45. The molecule has 0 saturated carbocycles. The molecular formula is C25H22F3N5O2. The summed E-state index contributed by atoms with van der Waals surface area (Å²) >= 11 is 0. The van der Waals surface area contributed by atoms with Crippen molar-refractivity contribution in [2.24, 2.45) is 0 Å². The van der Waals surface area contributed by atoms with Crippen molar-refractivity contribution in [3.05, 3.63) is 77.2 Å². The van der Waals surface area contributed by atoms with Gasteiger partial charge in [0.2, 0.25) is 0 Å². The molecule has 7 nitrogen and oxygen atoms in total. The van der Waals surface area contributed by atoms with Crippen LogP contribution in [0.25, 0.3) is 22.4 Å². The Labute approximate surface area is 199 Å². The number of amides is 1. The summed E-state index contributed by atoms with van der Waals surface area (Å²) in [7, 11) is 0. The summed E-state index contributed by atoms with van der Waals surface area (Å²) in [5.74, 6) is -0.282. The number of nitrogens with zero attached hydrogens (tertiary/aromatic N) is 5. The van der Waals surface area contributed by atoms with E-state index in [0.717, 1.165) is 18.2 Å². The zero-order valence-corrected chi connectivity index (χ0v) is 18.9. The third-order valence-electron chi connectivity index (χ3n) is 6.14. The largest absolute Gasteiger partial charge is 0.417 e. The van der Waals surface area contributed by atoms with Crippen LogP contribution in [0.4, 0.5) is 13.2 Å². The number of carbonyl (C=O) groups excluding carboxylic acids is 1. The quantitative estimate of drug-likeness (QED) is 0.425. The smallest absolute Gasteiger partial charge is 0.336 e. The van der Waals surface area contributed by atoms with Gasteiger partial charge in [0, 0.05) is 50.7 Å². The van der Waals surface area contributed by atoms with Crippen molar-refractivity contribution in [2.75, 3.05) is 26.2 Å². The van der Waals surface area contributed by atoms with Crippen molar-refractivity contribution in [1.29, 1.82) is 0 Å². The van der Waals surface area contributed by atoms with Crippen molar-refractivity contribution < 1.29 is 22.5 Å². The van der Waals surface area contributed by atoms with Crippen molar-refractivity contribution in [3.63, 3.8) is 0 Å². The highest BCUT2D eigenvalue weighted by molar-refractivity contribution is 6.07. The van der Waals surface area contributed by atoms with Crippen LogP contribution in [0.3, 0.4) is 0 Å². The standard InChI is InChI=1S/C25H22F3N5O2/c1-16-22-19(24(34)33-11-9-32(10-12-33)15-17-5-4-8-29-14-17)13-21(30-23(22)35-31-16)18-6-2-3-7-20(18)25(26,27)28/h2-8,13-14H,9-12,15H2,1H3. The summed E-state index contributed by atoms with van der Waals surface area (Å²) in [6.45, 7) is 4.73. The van der Waals surface area contributed by atoms with Crippen LogP contribution in [-0.2, 0) is 12.7 Å². The Bertz CT molecular complexity index is 1360. The molecule has 0 spiro atoms. The van der Waals surface area contributed by atoms with E-state index in [-0.39, 0.29) is 28.4 Å². The average Bonchev–Trinajstić information content (AvgIpc) is 3.24. The van der Waals surface area contributed by atoms with Gasteiger partial charge in [0.05, 0.1) is 27.9 Å². The van der Waals surface area contributed by atoms with Gasteiger partial charge in [-0.15, -0.1) is 0 Å². The third kappa shape index (κ3) is 4.61. The van der Waals surface area contributed by atoms with Crippen LogP contribution in [0.2, 0.25) is 0 Å². The van der Waals surface area contributed by atoms with Crippen LogP contribution in [0.1, 0.15) is 27.2 Å². The lowest BCUT2D eigenvalue weighted by atomic mass is 10.00. The first kappa shape index (κ1) is 23.0. The predicted molar refractivity (Wildman–Crippen MR) is 122 cm³/mol. The fraction of sp³-hybridized carbons (Fsp3) is 0.280. The maximum absolute atomic E-state index is 13.6. The molecule has 0 unspecified atom stereocenters. The maximum atomic E-state index is 13.6. The molecule has 0 radical (unpaired) electrons. The number of carbonyl (C=O) groups is 1. The van der Waals surface area contributed by atoms with E-state index >= 15 is 0 Å². The second kappa shape index (κ2) is 9.10. The van der Waals surface area contributed by atoms with Gasteiger partial charge in [-0.05, 0) is 30.7 Å². The Morgan fingerprint density at radius 2 is 1.86 bits per heavy atom. The summed E-state index contributed by atoms with van der Waals surface area (Å²) in [4.78, 5) is 25.9. The predicted octanol–water partition coefficient (Wildman–Crippen LogP) is 4.57. The molecule has 0 bridgehead atoms. The summed E-state index contributed by atoms with van der Waals surface area (Å²) < 4.78 is 46.2. The molecular weight excluding hydrogens is 459 g/mol. The van der Waals surface area contributed by atoms with Crippen LogP contribution in [0.5, 0.6) is 0 Å². The van der Waals surface area contributed by atoms with Crippen molar-refractivity contribution in [3.8, 4) is 11.3 Å². The lowest BCUT2D eigenvalue weighted by molar-refractivity contribution is -0.137. The number of fused-ring (bicyclic) bond motifs is 1. The van der Waals surface area contributed by atoms with Crippen LogP contribution >= 0.6 is 0 Å². The Hall–Kier alpha value is -3.79. The maximum Gasteiger partial charge on any atom is 0.417 e. The molecule has 35 heavy (non-hydrogen) atoms. The number of rotatable bonds is 4. The monoisotopic (exact) mass is 481 g/mol. The minimum Gasteiger partial charge on any atom is -0.336 e. The number of hydrogen-bond donors (Lipinski definition) is 0. The second-order valence-corrected chi connectivity index (χ2v) is 8.48. The number of halogens is 3. The molecule has 1 amide bonds. The summed E-state index contributed by atoms with van der Waals surface area (Å²) in [5.41, 5.74) is 0.895. The molecule has 1 fully saturated rings. The molecule has 0 N–H and O–H groups in total. The van der Waals surface area contributed by atoms with Gasteiger partial charge in [0.25, 0.3) is 11.6 Å². The van der Waals surface area contributed by atoms with E-state index in [0.29, 0.717) is 37.3 Å². The Morgan fingerprint density at radius 3 is 2.57 bits per heavy atom. The molecule has 0 atom stereocenters. The van der Waals surface area contributed by atoms with E-state index in [2.05, 4.69) is 20.0 Å². The summed E-state index contributed by atoms with van der Waals surface area (Å²) in [6.07, 6.45) is -1.02. The zero-order valence-electron chi connectivity index (χ0n) is 18.9. The van der Waals surface area contributed by atoms with Gasteiger partial charge in [0.1, 0.15) is 0 Å². The van der Waals surface area contributed by atoms with Gasteiger partial charge < -0.3 is 9.42 Å². The Morgan fingerprint density at radius 1 is 1.09 bits per heavy atom. The fourth-order valence-corrected chi connectivity index (χ4v) is 4.38. The van der Waals surface area contributed by atoms with E-state index in [1.807, 2.05) is 18.3 Å². The normalized spacial score (nSPS) is 15.0. The molecule has 0 aliphatic carbocycles. The van der Waals surface area contributed by atoms with Gasteiger partial charge >= 0.3 is 6.18 Å². The van der Waals surface area contributed by atoms with Gasteiger partial charge in [-0.3, -0.25) is 14.7 Å². The first-order chi connectivity index (χ1) is 16.8. The lowest BCUT2D eigenvalue weighted by Gasteiger charge is -2.34. The topological polar surface area (TPSA) is 75.4 Å². The molecule has 4 aromatic rings. The van der Waals surface area contributed by atoms with Crippen LogP contribution in [0, 0.1) is 6.92 Å². The van der Waals surface area contributed by atoms with Crippen LogP contribution in [0.15, 0.2) is 59.4 Å². The first-order valence-electron chi connectivity index (χ1n) is 11.2. The highest BCUT2D eigenvalue weighted by Gasteiger charge is 2.34. The fourth-order valence-electron chi connectivity index (χ4n) is 4.38. The molecule has 1 aromatic carbocycles. The van der Waals surface area contributed by atoms with E-state index in [1.54, 1.807) is 18.0 Å². The van der Waals surface area contributed by atoms with Crippen molar-refractivity contribution in [2.45, 2.75) is 19.6 Å². The summed E-state index contributed by atoms with van der Waals surface area (Å²) in [6, 6.07) is 10.5. The zero-order chi connectivity index (χ0) is 24.6. The molecule has 1 aliphatic rings. The molecule has 1 saturated heterocycles. The second-order valence-electron chi connectivity index (χ2n) is 8.48. The van der Waals surface area contributed by atoms with Gasteiger partial charge in [-0.1, -0.05) is 29.4 Å². The first-order valence-corrected chi connectivity index (χ1v) is 11.2. The number of piperazine rings is 1. The van der Waals surface area contributed by atoms with Crippen LogP contribution in [-0.4, -0.2) is 57.0 Å². The van der Waals surface area contributed by atoms with Crippen molar-refractivity contribution in [1.82, 2.24) is 24.9 Å². The van der Waals surface area contributed by atoms with Crippen molar-refractivity contribution >= 4 is 17.0 Å². The van der Waals surface area contributed by atoms with Gasteiger partial charge in [-0.25, -0.2) is 4.98 Å². The van der Waals surface area contributed by atoms with Gasteiger partial charge in [-0.2, -0.15) is 13.2 Å². The molecule has 180 valence electrons. The average molecular weight is 481 g/mol. The number of aromatic nitrogens is 3. The molecule has 4 heterocycles. The highest BCUT2D eigenvalue weighted by atomic mass is 19.4. The number of hydrogen-bond acceptors (Lipinski definition) is 6. The number of benzene rings is 1.